The van der Waals surface area contributed by atoms with Crippen LogP contribution in [-0.4, -0.2) is 42.0 Å². The van der Waals surface area contributed by atoms with Crippen molar-refractivity contribution in [1.29, 1.82) is 0 Å². The van der Waals surface area contributed by atoms with E-state index in [9.17, 15) is 14.7 Å². The zero-order chi connectivity index (χ0) is 29.1. The molecule has 4 rings (SSSR count). The molecule has 1 fully saturated rings. The first kappa shape index (κ1) is 28.7. The van der Waals surface area contributed by atoms with Crippen molar-refractivity contribution in [3.63, 3.8) is 0 Å². The second kappa shape index (κ2) is 11.9. The Labute approximate surface area is 236 Å². The van der Waals surface area contributed by atoms with E-state index in [-0.39, 0.29) is 29.9 Å². The number of hydrogen-bond acceptors (Lipinski definition) is 6. The first-order chi connectivity index (χ1) is 19.0. The van der Waals surface area contributed by atoms with Gasteiger partial charge in [-0.05, 0) is 85.3 Å². The number of nitrogens with zero attached hydrogens (tertiary/aromatic N) is 1. The second-order valence-corrected chi connectivity index (χ2v) is 10.6. The third kappa shape index (κ3) is 5.69. The Morgan fingerprint density at radius 2 is 1.52 bits per heavy atom. The lowest BCUT2D eigenvalue weighted by molar-refractivity contribution is -0.140. The first-order valence-electron chi connectivity index (χ1n) is 13.4. The van der Waals surface area contributed by atoms with E-state index in [1.807, 2.05) is 95.3 Å². The number of Topliss-reactive ketones (excluding diaryl/α,β-unsaturated/α-hetero) is 1. The highest BCUT2D eigenvalue weighted by Gasteiger charge is 2.46. The molecule has 1 heterocycles. The van der Waals surface area contributed by atoms with Gasteiger partial charge in [-0.1, -0.05) is 38.1 Å². The Bertz CT molecular complexity index is 1420. The standard InChI is InChI=1S/C33H37NO6/c1-19(2)26-17-27(21(5)16-28(26)39-7)31(35)29-30(23-10-14-25(15-11-23)40-20(3)4)34(33(37)32(29)36)18-22-8-12-24(38-6)13-9-22/h8-17,19-20,30,35H,18H2,1-7H3/b31-29+. The van der Waals surface area contributed by atoms with Crippen LogP contribution >= 0.6 is 0 Å². The fraction of sp³-hybridized carbons (Fsp3) is 0.333. The Morgan fingerprint density at radius 3 is 2.08 bits per heavy atom. The van der Waals surface area contributed by atoms with Gasteiger partial charge < -0.3 is 24.2 Å². The molecular weight excluding hydrogens is 506 g/mol. The van der Waals surface area contributed by atoms with Crippen LogP contribution in [0.15, 0.2) is 66.2 Å². The Morgan fingerprint density at radius 1 is 0.900 bits per heavy atom. The van der Waals surface area contributed by atoms with Crippen molar-refractivity contribution in [2.45, 2.75) is 59.2 Å². The monoisotopic (exact) mass is 543 g/mol. The van der Waals surface area contributed by atoms with Crippen molar-refractivity contribution in [3.8, 4) is 17.2 Å². The molecule has 0 aromatic heterocycles. The van der Waals surface area contributed by atoms with Crippen LogP contribution in [0.5, 0.6) is 17.2 Å². The molecule has 1 aliphatic rings. The largest absolute Gasteiger partial charge is 0.507 e. The van der Waals surface area contributed by atoms with E-state index in [4.69, 9.17) is 14.2 Å². The maximum absolute atomic E-state index is 13.6. The van der Waals surface area contributed by atoms with Gasteiger partial charge in [-0.2, -0.15) is 0 Å². The van der Waals surface area contributed by atoms with Crippen LogP contribution in [0.25, 0.3) is 5.76 Å². The van der Waals surface area contributed by atoms with E-state index < -0.39 is 17.7 Å². The minimum Gasteiger partial charge on any atom is -0.507 e. The van der Waals surface area contributed by atoms with Gasteiger partial charge in [0.2, 0.25) is 0 Å². The fourth-order valence-electron chi connectivity index (χ4n) is 5.04. The van der Waals surface area contributed by atoms with Gasteiger partial charge in [0.05, 0.1) is 31.9 Å². The Balaban J connectivity index is 1.87. The fourth-order valence-corrected chi connectivity index (χ4v) is 5.04. The zero-order valence-corrected chi connectivity index (χ0v) is 24.1. The molecule has 40 heavy (non-hydrogen) atoms. The summed E-state index contributed by atoms with van der Waals surface area (Å²) < 4.78 is 16.6. The maximum atomic E-state index is 13.6. The predicted molar refractivity (Wildman–Crippen MR) is 155 cm³/mol. The molecule has 1 amide bonds. The van der Waals surface area contributed by atoms with Crippen molar-refractivity contribution in [3.05, 3.63) is 94.1 Å². The molecule has 3 aromatic rings. The van der Waals surface area contributed by atoms with E-state index >= 15 is 0 Å². The topological polar surface area (TPSA) is 85.3 Å². The van der Waals surface area contributed by atoms with E-state index in [1.165, 1.54) is 4.90 Å². The summed E-state index contributed by atoms with van der Waals surface area (Å²) in [5.74, 6) is 0.604. The Kier molecular flexibility index (Phi) is 8.52. The van der Waals surface area contributed by atoms with Crippen molar-refractivity contribution < 1.29 is 28.9 Å². The SMILES string of the molecule is COc1ccc(CN2C(=O)C(=O)/C(=C(/O)c3cc(C(C)C)c(OC)cc3C)C2c2ccc(OC(C)C)cc2)cc1. The van der Waals surface area contributed by atoms with Gasteiger partial charge in [-0.25, -0.2) is 0 Å². The lowest BCUT2D eigenvalue weighted by atomic mass is 9.91. The van der Waals surface area contributed by atoms with E-state index in [2.05, 4.69) is 0 Å². The van der Waals surface area contributed by atoms with Crippen molar-refractivity contribution >= 4 is 17.4 Å². The lowest BCUT2D eigenvalue weighted by Gasteiger charge is -2.26. The summed E-state index contributed by atoms with van der Waals surface area (Å²) in [6.07, 6.45) is -0.000224. The maximum Gasteiger partial charge on any atom is 0.295 e. The highest BCUT2D eigenvalue weighted by Crippen LogP contribution is 2.42. The molecule has 1 unspecified atom stereocenters. The number of carbonyl (C=O) groups is 2. The molecular formula is C33H37NO6. The van der Waals surface area contributed by atoms with E-state index in [0.29, 0.717) is 28.4 Å². The number of ketones is 1. The average molecular weight is 544 g/mol. The molecule has 210 valence electrons. The van der Waals surface area contributed by atoms with Gasteiger partial charge in [0.1, 0.15) is 23.0 Å². The van der Waals surface area contributed by atoms with Crippen LogP contribution in [0.4, 0.5) is 0 Å². The minimum atomic E-state index is -0.792. The summed E-state index contributed by atoms with van der Waals surface area (Å²) in [6.45, 7) is 9.99. The number of ether oxygens (including phenoxy) is 3. The van der Waals surface area contributed by atoms with Crippen LogP contribution in [-0.2, 0) is 16.1 Å². The predicted octanol–water partition coefficient (Wildman–Crippen LogP) is 6.54. The van der Waals surface area contributed by atoms with Crippen molar-refractivity contribution in [2.24, 2.45) is 0 Å². The molecule has 1 atom stereocenters. The van der Waals surface area contributed by atoms with Crippen molar-refractivity contribution in [2.75, 3.05) is 14.2 Å². The molecule has 7 heteroatoms. The molecule has 0 saturated carbocycles. The number of methoxy groups -OCH3 is 2. The molecule has 1 saturated heterocycles. The average Bonchev–Trinajstić information content (AvgIpc) is 3.17. The van der Waals surface area contributed by atoms with Gasteiger partial charge >= 0.3 is 0 Å². The Hall–Kier alpha value is -4.26. The molecule has 0 spiro atoms. The second-order valence-electron chi connectivity index (χ2n) is 10.6. The summed E-state index contributed by atoms with van der Waals surface area (Å²) in [6, 6.07) is 17.6. The third-order valence-electron chi connectivity index (χ3n) is 7.07. The normalized spacial score (nSPS) is 16.6. The molecule has 1 aliphatic heterocycles. The number of benzene rings is 3. The van der Waals surface area contributed by atoms with Crippen LogP contribution in [0.1, 0.15) is 67.5 Å². The van der Waals surface area contributed by atoms with Crippen LogP contribution in [0.3, 0.4) is 0 Å². The van der Waals surface area contributed by atoms with Gasteiger partial charge in [-0.3, -0.25) is 9.59 Å². The zero-order valence-electron chi connectivity index (χ0n) is 24.1. The summed E-state index contributed by atoms with van der Waals surface area (Å²) in [7, 11) is 3.20. The number of hydrogen-bond donors (Lipinski definition) is 1. The summed E-state index contributed by atoms with van der Waals surface area (Å²) >= 11 is 0. The number of rotatable bonds is 9. The van der Waals surface area contributed by atoms with Crippen molar-refractivity contribution in [1.82, 2.24) is 4.90 Å². The molecule has 1 N–H and O–H groups in total. The third-order valence-corrected chi connectivity index (χ3v) is 7.07. The molecule has 0 bridgehead atoms. The number of aliphatic hydroxyl groups excluding tert-OH is 1. The first-order valence-corrected chi connectivity index (χ1v) is 13.4. The summed E-state index contributed by atoms with van der Waals surface area (Å²) in [5, 5.41) is 11.7. The van der Waals surface area contributed by atoms with E-state index in [1.54, 1.807) is 14.2 Å². The number of amides is 1. The minimum absolute atomic E-state index is 0.000224. The van der Waals surface area contributed by atoms with Crippen LogP contribution in [0.2, 0.25) is 0 Å². The highest BCUT2D eigenvalue weighted by atomic mass is 16.5. The van der Waals surface area contributed by atoms with E-state index in [0.717, 1.165) is 16.7 Å². The lowest BCUT2D eigenvalue weighted by Crippen LogP contribution is -2.29. The van der Waals surface area contributed by atoms with Gasteiger partial charge in [-0.15, -0.1) is 0 Å². The number of likely N-dealkylation sites (tertiary alicyclic amines) is 1. The smallest absolute Gasteiger partial charge is 0.295 e. The molecule has 0 aliphatic carbocycles. The van der Waals surface area contributed by atoms with Gasteiger partial charge in [0, 0.05) is 12.1 Å². The summed E-state index contributed by atoms with van der Waals surface area (Å²) in [4.78, 5) is 28.6. The summed E-state index contributed by atoms with van der Waals surface area (Å²) in [5.41, 5.74) is 3.71. The molecule has 7 nitrogen and oxygen atoms in total. The van der Waals surface area contributed by atoms with Crippen LogP contribution in [0, 0.1) is 6.92 Å². The van der Waals surface area contributed by atoms with Gasteiger partial charge in [0.15, 0.2) is 0 Å². The molecule has 0 radical (unpaired) electrons. The molecule has 3 aromatic carbocycles. The van der Waals surface area contributed by atoms with Gasteiger partial charge in [0.25, 0.3) is 11.7 Å². The quantitative estimate of drug-likeness (QED) is 0.187. The van der Waals surface area contributed by atoms with Crippen LogP contribution < -0.4 is 14.2 Å². The number of carbonyl (C=O) groups excluding carboxylic acids is 2. The highest BCUT2D eigenvalue weighted by molar-refractivity contribution is 6.46. The number of aliphatic hydroxyl groups is 1. The number of aryl methyl sites for hydroxylation is 1.